The summed E-state index contributed by atoms with van der Waals surface area (Å²) in [5, 5.41) is 0. The summed E-state index contributed by atoms with van der Waals surface area (Å²) in [6, 6.07) is 23.8. The van der Waals surface area contributed by atoms with E-state index in [9.17, 15) is 0 Å². The molecule has 4 rings (SSSR count). The molecule has 1 atom stereocenters. The Balaban J connectivity index is 1.55. The lowest BCUT2D eigenvalue weighted by Crippen LogP contribution is -2.50. The summed E-state index contributed by atoms with van der Waals surface area (Å²) in [5.74, 6) is 0. The monoisotopic (exact) mass is 358 g/mol. The van der Waals surface area contributed by atoms with Crippen LogP contribution in [-0.4, -0.2) is 19.3 Å². The number of nitrogens with zero attached hydrogens (tertiary/aromatic N) is 1. The van der Waals surface area contributed by atoms with E-state index < -0.39 is 8.24 Å². The maximum atomic E-state index is 3.94. The van der Waals surface area contributed by atoms with Crippen molar-refractivity contribution >= 4 is 13.9 Å². The molecule has 1 heterocycles. The van der Waals surface area contributed by atoms with E-state index in [-0.39, 0.29) is 0 Å². The van der Waals surface area contributed by atoms with Crippen LogP contribution in [0.4, 0.5) is 0 Å². The fraction of sp³-hybridized carbons (Fsp3) is 0.217. The van der Waals surface area contributed by atoms with Gasteiger partial charge in [-0.1, -0.05) is 73.8 Å². The van der Waals surface area contributed by atoms with Gasteiger partial charge in [0.15, 0.2) is 0 Å². The maximum Gasteiger partial charge on any atom is 0.130 e. The van der Waals surface area contributed by atoms with Crippen molar-refractivity contribution in [3.8, 4) is 0 Å². The van der Waals surface area contributed by atoms with E-state index in [1.54, 1.807) is 0 Å². The minimum Gasteiger partial charge on any atom is -0.336 e. The minimum absolute atomic E-state index is 0.492. The van der Waals surface area contributed by atoms with Crippen molar-refractivity contribution in [2.45, 2.75) is 25.1 Å². The summed E-state index contributed by atoms with van der Waals surface area (Å²) in [4.78, 5) is 3.94. The number of rotatable bonds is 6. The van der Waals surface area contributed by atoms with Gasteiger partial charge in [-0.25, -0.2) is 0 Å². The van der Waals surface area contributed by atoms with Gasteiger partial charge in [0, 0.05) is 29.2 Å². The molecule has 1 unspecified atom stereocenters. The summed E-state index contributed by atoms with van der Waals surface area (Å²) >= 11 is 0. The summed E-state index contributed by atoms with van der Waals surface area (Å²) in [5.41, 5.74) is 6.06. The maximum absolute atomic E-state index is 3.94. The Morgan fingerprint density at radius 2 is 1.58 bits per heavy atom. The smallest absolute Gasteiger partial charge is 0.130 e. The lowest BCUT2D eigenvalue weighted by atomic mass is 10.1. The van der Waals surface area contributed by atoms with Gasteiger partial charge in [-0.15, -0.1) is 0 Å². The number of hydrogen-bond acceptors (Lipinski definition) is 1. The predicted octanol–water partition coefficient (Wildman–Crippen LogP) is 5.05. The number of hydrogen-bond donors (Lipinski definition) is 1. The lowest BCUT2D eigenvalue weighted by Gasteiger charge is -2.30. The molecule has 2 aromatic carbocycles. The zero-order valence-electron chi connectivity index (χ0n) is 15.5. The minimum atomic E-state index is -1.67. The molecule has 0 saturated heterocycles. The van der Waals surface area contributed by atoms with Crippen LogP contribution in [0.1, 0.15) is 22.2 Å². The van der Waals surface area contributed by atoms with Crippen molar-refractivity contribution < 1.29 is 0 Å². The molecular weight excluding hydrogens is 332 g/mol. The van der Waals surface area contributed by atoms with Crippen molar-refractivity contribution in [1.29, 1.82) is 0 Å². The topological polar surface area (TPSA) is 17.0 Å². The SMILES string of the molecule is C[Si](C)(NCCc1ccccc1)C1C=C(n2cccc2)c2ccccc21. The first kappa shape index (κ1) is 17.1. The third kappa shape index (κ3) is 3.33. The molecule has 0 spiro atoms. The molecular formula is C23H26N2Si. The van der Waals surface area contributed by atoms with Crippen LogP contribution in [0.15, 0.2) is 85.2 Å². The van der Waals surface area contributed by atoms with Gasteiger partial charge < -0.3 is 9.55 Å². The Bertz CT molecular complexity index is 895. The molecule has 0 amide bonds. The zero-order chi connectivity index (χ0) is 18.0. The molecule has 0 radical (unpaired) electrons. The van der Waals surface area contributed by atoms with E-state index in [2.05, 4.69) is 108 Å². The Hall–Kier alpha value is -2.36. The van der Waals surface area contributed by atoms with E-state index in [0.717, 1.165) is 13.0 Å². The molecule has 0 fully saturated rings. The highest BCUT2D eigenvalue weighted by Gasteiger charge is 2.37. The number of fused-ring (bicyclic) bond motifs is 1. The van der Waals surface area contributed by atoms with Gasteiger partial charge in [0.25, 0.3) is 0 Å². The van der Waals surface area contributed by atoms with Crippen LogP contribution in [0.25, 0.3) is 5.70 Å². The average Bonchev–Trinajstić information content (AvgIpc) is 3.30. The second-order valence-corrected chi connectivity index (χ2v) is 12.0. The van der Waals surface area contributed by atoms with Crippen LogP contribution in [0, 0.1) is 0 Å². The molecule has 0 saturated carbocycles. The van der Waals surface area contributed by atoms with Crippen molar-refractivity contribution in [1.82, 2.24) is 9.55 Å². The molecule has 3 heteroatoms. The Kier molecular flexibility index (Phi) is 4.66. The molecule has 1 aliphatic rings. The van der Waals surface area contributed by atoms with Crippen molar-refractivity contribution in [3.63, 3.8) is 0 Å². The van der Waals surface area contributed by atoms with E-state index in [0.29, 0.717) is 5.54 Å². The zero-order valence-corrected chi connectivity index (χ0v) is 16.5. The van der Waals surface area contributed by atoms with Crippen LogP contribution in [0.2, 0.25) is 13.1 Å². The average molecular weight is 359 g/mol. The first-order valence-electron chi connectivity index (χ1n) is 9.38. The van der Waals surface area contributed by atoms with Gasteiger partial charge in [-0.05, 0) is 36.2 Å². The van der Waals surface area contributed by atoms with E-state index in [1.807, 2.05) is 0 Å². The molecule has 1 aromatic heterocycles. The summed E-state index contributed by atoms with van der Waals surface area (Å²) in [6.07, 6.45) is 7.84. The first-order valence-corrected chi connectivity index (χ1v) is 12.5. The van der Waals surface area contributed by atoms with Crippen molar-refractivity contribution in [2.24, 2.45) is 0 Å². The third-order valence-electron chi connectivity index (χ3n) is 5.39. The van der Waals surface area contributed by atoms with E-state index >= 15 is 0 Å². The molecule has 0 bridgehead atoms. The molecule has 132 valence electrons. The Morgan fingerprint density at radius 1 is 0.885 bits per heavy atom. The van der Waals surface area contributed by atoms with Gasteiger partial charge in [0.1, 0.15) is 8.24 Å². The Labute approximate surface area is 157 Å². The van der Waals surface area contributed by atoms with Gasteiger partial charge in [-0.2, -0.15) is 0 Å². The van der Waals surface area contributed by atoms with E-state index in [4.69, 9.17) is 0 Å². The number of allylic oxidation sites excluding steroid dienone is 1. The number of nitrogens with one attached hydrogen (secondary N) is 1. The van der Waals surface area contributed by atoms with Crippen molar-refractivity contribution in [2.75, 3.05) is 6.54 Å². The highest BCUT2D eigenvalue weighted by molar-refractivity contribution is 6.77. The van der Waals surface area contributed by atoms with Crippen LogP contribution < -0.4 is 4.98 Å². The predicted molar refractivity (Wildman–Crippen MR) is 113 cm³/mol. The van der Waals surface area contributed by atoms with Gasteiger partial charge in [0.05, 0.1) is 0 Å². The van der Waals surface area contributed by atoms with Gasteiger partial charge in [-0.3, -0.25) is 0 Å². The highest BCUT2D eigenvalue weighted by Crippen LogP contribution is 2.40. The summed E-state index contributed by atoms with van der Waals surface area (Å²) in [7, 11) is -1.67. The van der Waals surface area contributed by atoms with Gasteiger partial charge in [0.2, 0.25) is 0 Å². The van der Waals surface area contributed by atoms with Crippen LogP contribution in [0.5, 0.6) is 0 Å². The third-order valence-corrected chi connectivity index (χ3v) is 8.59. The second kappa shape index (κ2) is 7.10. The largest absolute Gasteiger partial charge is 0.336 e. The fourth-order valence-electron chi connectivity index (χ4n) is 3.94. The first-order chi connectivity index (χ1) is 12.6. The molecule has 1 aliphatic carbocycles. The molecule has 1 N–H and O–H groups in total. The summed E-state index contributed by atoms with van der Waals surface area (Å²) in [6.45, 7) is 5.94. The molecule has 2 nitrogen and oxygen atoms in total. The second-order valence-electron chi connectivity index (χ2n) is 7.59. The Morgan fingerprint density at radius 3 is 2.35 bits per heavy atom. The van der Waals surface area contributed by atoms with Crippen LogP contribution in [0.3, 0.4) is 0 Å². The van der Waals surface area contributed by atoms with E-state index in [1.165, 1.54) is 22.4 Å². The van der Waals surface area contributed by atoms with Crippen LogP contribution in [-0.2, 0) is 6.42 Å². The highest BCUT2D eigenvalue weighted by atomic mass is 28.3. The fourth-order valence-corrected chi connectivity index (χ4v) is 6.53. The standard InChI is InChI=1S/C23H26N2Si/c1-26(2,24-15-14-19-10-4-3-5-11-19)23-18-22(25-16-8-9-17-25)20-12-6-7-13-21(20)23/h3-13,16-18,23-24H,14-15H2,1-2H3. The van der Waals surface area contributed by atoms with Crippen molar-refractivity contribution in [3.05, 3.63) is 102 Å². The lowest BCUT2D eigenvalue weighted by molar-refractivity contribution is 0.845. The number of benzene rings is 2. The molecule has 26 heavy (non-hydrogen) atoms. The van der Waals surface area contributed by atoms with Crippen LogP contribution >= 0.6 is 0 Å². The number of aromatic nitrogens is 1. The molecule has 3 aromatic rings. The normalized spacial score (nSPS) is 16.4. The summed E-state index contributed by atoms with van der Waals surface area (Å²) < 4.78 is 2.24. The molecule has 0 aliphatic heterocycles. The quantitative estimate of drug-likeness (QED) is 0.610. The van der Waals surface area contributed by atoms with Gasteiger partial charge >= 0.3 is 0 Å².